The minimum Gasteiger partial charge on any atom is -0.395 e. The topological polar surface area (TPSA) is 101 Å². The number of aromatic nitrogens is 4. The van der Waals surface area contributed by atoms with E-state index in [4.69, 9.17) is 15.8 Å². The van der Waals surface area contributed by atoms with E-state index in [1.54, 1.807) is 0 Å². The fraction of sp³-hybridized carbons (Fsp3) is 0.250. The van der Waals surface area contributed by atoms with E-state index < -0.39 is 0 Å². The van der Waals surface area contributed by atoms with Gasteiger partial charge in [-0.2, -0.15) is 0 Å². The Hall–Kier alpha value is -3.65. The van der Waals surface area contributed by atoms with Gasteiger partial charge in [-0.1, -0.05) is 54.6 Å². The zero-order valence-corrected chi connectivity index (χ0v) is 19.5. The Morgan fingerprint density at radius 3 is 2.49 bits per heavy atom. The van der Waals surface area contributed by atoms with E-state index in [1.807, 2.05) is 34.9 Å². The molecule has 6 rings (SSSR count). The van der Waals surface area contributed by atoms with Gasteiger partial charge in [0, 0.05) is 34.8 Å². The molecule has 3 heterocycles. The molecule has 0 radical (unpaired) electrons. The quantitative estimate of drug-likeness (QED) is 0.314. The lowest BCUT2D eigenvalue weighted by molar-refractivity contribution is 0.253. The zero-order valence-electron chi connectivity index (χ0n) is 19.5. The number of rotatable bonds is 7. The molecule has 5 aromatic rings. The second-order valence-electron chi connectivity index (χ2n) is 9.30. The summed E-state index contributed by atoms with van der Waals surface area (Å²) in [6, 6.07) is 23.1. The number of pyridine rings is 2. The molecule has 0 bridgehead atoms. The van der Waals surface area contributed by atoms with E-state index in [0.717, 1.165) is 57.6 Å². The van der Waals surface area contributed by atoms with Gasteiger partial charge in [0.05, 0.1) is 24.4 Å². The fourth-order valence-corrected chi connectivity index (χ4v) is 4.91. The number of benzene rings is 2. The maximum Gasteiger partial charge on any atom is 0.170 e. The number of nitrogens with one attached hydrogen (secondary N) is 1. The summed E-state index contributed by atoms with van der Waals surface area (Å²) in [4.78, 5) is 5.12. The standard InChI is InChI=1S/C28H28N6O/c29-28(12-4-13-28)21-9-7-20(8-10-21)26-22(19-5-2-1-3-6-19)17-23-24(31-26)11-15-34-25(18-30-14-16-35)32-33-27(23)34/h1-3,5-11,15,17,30,35H,4,12-14,16,18,29H2. The van der Waals surface area contributed by atoms with Gasteiger partial charge in [0.2, 0.25) is 0 Å². The minimum absolute atomic E-state index is 0.0834. The SMILES string of the molecule is NC1(c2ccc(-c3nc4ccn5c(CNCCO)nnc5c4cc3-c3ccccc3)cc2)CCC1. The third kappa shape index (κ3) is 3.87. The van der Waals surface area contributed by atoms with Crippen molar-refractivity contribution in [2.24, 2.45) is 5.73 Å². The summed E-state index contributed by atoms with van der Waals surface area (Å²) in [5.74, 6) is 0.794. The first-order chi connectivity index (χ1) is 17.2. The number of nitrogens with zero attached hydrogens (tertiary/aromatic N) is 4. The monoisotopic (exact) mass is 464 g/mol. The van der Waals surface area contributed by atoms with E-state index in [1.165, 1.54) is 12.0 Å². The molecule has 1 aliphatic carbocycles. The highest BCUT2D eigenvalue weighted by Gasteiger charge is 2.34. The molecule has 0 saturated heterocycles. The molecule has 7 heteroatoms. The van der Waals surface area contributed by atoms with Crippen LogP contribution < -0.4 is 11.1 Å². The summed E-state index contributed by atoms with van der Waals surface area (Å²) in [5.41, 5.74) is 13.4. The lowest BCUT2D eigenvalue weighted by atomic mass is 9.72. The van der Waals surface area contributed by atoms with Gasteiger partial charge in [-0.25, -0.2) is 4.98 Å². The molecule has 4 N–H and O–H groups in total. The van der Waals surface area contributed by atoms with Crippen LogP contribution in [0.4, 0.5) is 0 Å². The number of aliphatic hydroxyl groups excluding tert-OH is 1. The van der Waals surface area contributed by atoms with Crippen LogP contribution in [0, 0.1) is 0 Å². The number of nitrogens with two attached hydrogens (primary N) is 1. The molecule has 1 fully saturated rings. The predicted octanol–water partition coefficient (Wildman–Crippen LogP) is 4.03. The van der Waals surface area contributed by atoms with Crippen molar-refractivity contribution in [1.29, 1.82) is 0 Å². The van der Waals surface area contributed by atoms with Crippen LogP contribution >= 0.6 is 0 Å². The van der Waals surface area contributed by atoms with Crippen LogP contribution in [0.25, 0.3) is 38.9 Å². The van der Waals surface area contributed by atoms with Crippen molar-refractivity contribution in [3.8, 4) is 22.4 Å². The van der Waals surface area contributed by atoms with Crippen LogP contribution in [0.5, 0.6) is 0 Å². The Morgan fingerprint density at radius 1 is 0.971 bits per heavy atom. The summed E-state index contributed by atoms with van der Waals surface area (Å²) in [7, 11) is 0. The van der Waals surface area contributed by atoms with E-state index in [-0.39, 0.29) is 12.1 Å². The first-order valence-electron chi connectivity index (χ1n) is 12.1. The molecule has 1 aliphatic rings. The summed E-state index contributed by atoms with van der Waals surface area (Å²) in [5, 5.41) is 22.0. The van der Waals surface area contributed by atoms with Crippen molar-refractivity contribution in [3.63, 3.8) is 0 Å². The van der Waals surface area contributed by atoms with Crippen LogP contribution in [0.1, 0.15) is 30.7 Å². The van der Waals surface area contributed by atoms with Gasteiger partial charge in [0.1, 0.15) is 0 Å². The number of hydrogen-bond acceptors (Lipinski definition) is 6. The van der Waals surface area contributed by atoms with Gasteiger partial charge in [-0.15, -0.1) is 10.2 Å². The van der Waals surface area contributed by atoms with Crippen LogP contribution in [-0.2, 0) is 12.1 Å². The summed E-state index contributed by atoms with van der Waals surface area (Å²) >= 11 is 0. The molecule has 1 saturated carbocycles. The molecule has 0 aliphatic heterocycles. The Balaban J connectivity index is 1.49. The fourth-order valence-electron chi connectivity index (χ4n) is 4.91. The number of aliphatic hydroxyl groups is 1. The third-order valence-corrected chi connectivity index (χ3v) is 7.08. The smallest absolute Gasteiger partial charge is 0.170 e. The summed E-state index contributed by atoms with van der Waals surface area (Å²) in [6.45, 7) is 1.12. The van der Waals surface area contributed by atoms with Gasteiger partial charge in [-0.05, 0) is 42.5 Å². The van der Waals surface area contributed by atoms with Crippen molar-refractivity contribution in [1.82, 2.24) is 24.9 Å². The second kappa shape index (κ2) is 8.85. The van der Waals surface area contributed by atoms with E-state index in [0.29, 0.717) is 13.1 Å². The molecule has 7 nitrogen and oxygen atoms in total. The molecular weight excluding hydrogens is 436 g/mol. The lowest BCUT2D eigenvalue weighted by Crippen LogP contribution is -2.43. The molecule has 0 amide bonds. The molecule has 0 spiro atoms. The van der Waals surface area contributed by atoms with Crippen LogP contribution in [0.2, 0.25) is 0 Å². The van der Waals surface area contributed by atoms with Gasteiger partial charge >= 0.3 is 0 Å². The van der Waals surface area contributed by atoms with E-state index >= 15 is 0 Å². The molecule has 2 aromatic carbocycles. The van der Waals surface area contributed by atoms with Crippen molar-refractivity contribution in [2.45, 2.75) is 31.3 Å². The Morgan fingerprint density at radius 2 is 1.77 bits per heavy atom. The second-order valence-corrected chi connectivity index (χ2v) is 9.30. The maximum atomic E-state index is 9.06. The molecule has 35 heavy (non-hydrogen) atoms. The largest absolute Gasteiger partial charge is 0.395 e. The van der Waals surface area contributed by atoms with Crippen molar-refractivity contribution in [2.75, 3.05) is 13.2 Å². The molecule has 0 atom stereocenters. The van der Waals surface area contributed by atoms with E-state index in [2.05, 4.69) is 58.0 Å². The average Bonchev–Trinajstić information content (AvgIpc) is 3.31. The third-order valence-electron chi connectivity index (χ3n) is 7.08. The van der Waals surface area contributed by atoms with Gasteiger partial charge in [-0.3, -0.25) is 4.40 Å². The number of fused-ring (bicyclic) bond motifs is 3. The summed E-state index contributed by atoms with van der Waals surface area (Å²) in [6.07, 6.45) is 5.24. The highest BCUT2D eigenvalue weighted by Crippen LogP contribution is 2.40. The van der Waals surface area contributed by atoms with Crippen molar-refractivity contribution in [3.05, 3.63) is 84.3 Å². The van der Waals surface area contributed by atoms with E-state index in [9.17, 15) is 0 Å². The van der Waals surface area contributed by atoms with Gasteiger partial charge in [0.15, 0.2) is 11.5 Å². The Bertz CT molecular complexity index is 1490. The zero-order chi connectivity index (χ0) is 23.8. The lowest BCUT2D eigenvalue weighted by Gasteiger charge is -2.38. The molecular formula is C28H28N6O. The normalized spacial score (nSPS) is 14.9. The Labute approximate surface area is 203 Å². The van der Waals surface area contributed by atoms with Crippen LogP contribution in [-0.4, -0.2) is 37.8 Å². The summed E-state index contributed by atoms with van der Waals surface area (Å²) < 4.78 is 1.98. The van der Waals surface area contributed by atoms with Crippen molar-refractivity contribution < 1.29 is 5.11 Å². The minimum atomic E-state index is -0.180. The van der Waals surface area contributed by atoms with Crippen LogP contribution in [0.3, 0.4) is 0 Å². The van der Waals surface area contributed by atoms with Crippen molar-refractivity contribution >= 4 is 16.6 Å². The molecule has 3 aromatic heterocycles. The Kier molecular flexibility index (Phi) is 5.53. The number of hydrogen-bond donors (Lipinski definition) is 3. The van der Waals surface area contributed by atoms with Gasteiger partial charge in [0.25, 0.3) is 0 Å². The van der Waals surface area contributed by atoms with Gasteiger partial charge < -0.3 is 16.2 Å². The first-order valence-corrected chi connectivity index (χ1v) is 12.1. The first kappa shape index (κ1) is 21.9. The van der Waals surface area contributed by atoms with Crippen LogP contribution in [0.15, 0.2) is 72.9 Å². The maximum absolute atomic E-state index is 9.06. The average molecular weight is 465 g/mol. The molecule has 0 unspecified atom stereocenters. The highest BCUT2D eigenvalue weighted by molar-refractivity contribution is 5.98. The highest BCUT2D eigenvalue weighted by atomic mass is 16.3. The molecule has 176 valence electrons. The predicted molar refractivity (Wildman–Crippen MR) is 138 cm³/mol.